The van der Waals surface area contributed by atoms with E-state index in [0.717, 1.165) is 71.1 Å². The highest BCUT2D eigenvalue weighted by atomic mass is 16.4. The molecule has 10 rings (SSSR count). The van der Waals surface area contributed by atoms with E-state index in [0.29, 0.717) is 10.9 Å². The van der Waals surface area contributed by atoms with E-state index in [2.05, 4.69) is 60.7 Å². The third kappa shape index (κ3) is 3.86. The van der Waals surface area contributed by atoms with Crippen LogP contribution >= 0.6 is 0 Å². The second kappa shape index (κ2) is 10.3. The lowest BCUT2D eigenvalue weighted by Crippen LogP contribution is -1.92. The molecule has 7 N–H and O–H groups in total. The normalized spacial score (nSPS) is 12.0. The second-order valence-corrected chi connectivity index (χ2v) is 13.1. The molecule has 1 heterocycles. The molecule has 250 valence electrons. The highest BCUT2D eigenvalue weighted by Gasteiger charge is 2.30. The van der Waals surface area contributed by atoms with Crippen LogP contribution in [-0.4, -0.2) is 35.7 Å². The summed E-state index contributed by atoms with van der Waals surface area (Å²) in [4.78, 5) is 0. The van der Waals surface area contributed by atoms with Gasteiger partial charge in [0.2, 0.25) is 17.2 Å². The Balaban J connectivity index is 1.16. The van der Waals surface area contributed by atoms with E-state index >= 15 is 0 Å². The molecule has 0 amide bonds. The van der Waals surface area contributed by atoms with Gasteiger partial charge in [0, 0.05) is 21.7 Å². The van der Waals surface area contributed by atoms with Crippen LogP contribution in [0.4, 0.5) is 0 Å². The SMILES string of the molecule is Oc1c(O)c(O)c2c(-c3ccc4ccc5c(-c6ccc(-c7ccc8oc9ccccc9c8c7)cc6)ccc6ccc3c4c65)c(O)c(O)c(O)c2c1O. The van der Waals surface area contributed by atoms with E-state index in [-0.39, 0.29) is 10.9 Å². The van der Waals surface area contributed by atoms with Crippen molar-refractivity contribution in [1.29, 1.82) is 0 Å². The predicted molar refractivity (Wildman–Crippen MR) is 203 cm³/mol. The zero-order chi connectivity index (χ0) is 35.6. The Labute approximate surface area is 293 Å². The summed E-state index contributed by atoms with van der Waals surface area (Å²) in [5.74, 6) is -6.69. The van der Waals surface area contributed by atoms with Gasteiger partial charge in [-0.25, -0.2) is 0 Å². The lowest BCUT2D eigenvalue weighted by Gasteiger charge is -2.20. The van der Waals surface area contributed by atoms with Gasteiger partial charge in [-0.05, 0) is 78.3 Å². The van der Waals surface area contributed by atoms with Gasteiger partial charge in [0.25, 0.3) is 0 Å². The van der Waals surface area contributed by atoms with Crippen molar-refractivity contribution in [3.63, 3.8) is 0 Å². The third-order valence-electron chi connectivity index (χ3n) is 10.4. The van der Waals surface area contributed by atoms with Gasteiger partial charge in [0.05, 0.1) is 5.39 Å². The van der Waals surface area contributed by atoms with Crippen LogP contribution < -0.4 is 0 Å². The molecular formula is C44H26O8. The maximum atomic E-state index is 11.2. The molecule has 0 unspecified atom stereocenters. The van der Waals surface area contributed by atoms with Crippen molar-refractivity contribution < 1.29 is 40.2 Å². The number of aromatic hydroxyl groups is 7. The second-order valence-electron chi connectivity index (χ2n) is 13.1. The average Bonchev–Trinajstić information content (AvgIpc) is 3.55. The summed E-state index contributed by atoms with van der Waals surface area (Å²) in [6, 6.07) is 38.2. The quantitative estimate of drug-likeness (QED) is 0.0552. The molecule has 0 saturated carbocycles. The van der Waals surface area contributed by atoms with Gasteiger partial charge in [0.1, 0.15) is 11.2 Å². The average molecular weight is 683 g/mol. The first-order valence-electron chi connectivity index (χ1n) is 16.5. The zero-order valence-corrected chi connectivity index (χ0v) is 27.0. The highest BCUT2D eigenvalue weighted by Crippen LogP contribution is 2.60. The Kier molecular flexibility index (Phi) is 5.89. The van der Waals surface area contributed by atoms with Crippen LogP contribution in [0.3, 0.4) is 0 Å². The van der Waals surface area contributed by atoms with Crippen molar-refractivity contribution in [2.24, 2.45) is 0 Å². The summed E-state index contributed by atoms with van der Waals surface area (Å²) in [6.45, 7) is 0. The van der Waals surface area contributed by atoms with Gasteiger partial charge >= 0.3 is 0 Å². The van der Waals surface area contributed by atoms with E-state index in [1.54, 1.807) is 6.07 Å². The first-order valence-corrected chi connectivity index (χ1v) is 16.5. The lowest BCUT2D eigenvalue weighted by molar-refractivity contribution is 0.347. The number of hydrogen-bond donors (Lipinski definition) is 7. The van der Waals surface area contributed by atoms with E-state index in [1.165, 1.54) is 0 Å². The molecule has 0 saturated heterocycles. The third-order valence-corrected chi connectivity index (χ3v) is 10.4. The van der Waals surface area contributed by atoms with Crippen molar-refractivity contribution >= 4 is 65.0 Å². The van der Waals surface area contributed by atoms with Crippen molar-refractivity contribution in [1.82, 2.24) is 0 Å². The number of rotatable bonds is 3. The molecule has 0 aliphatic carbocycles. The molecule has 0 spiro atoms. The minimum atomic E-state index is -1.08. The Bertz CT molecular complexity index is 3130. The molecule has 0 atom stereocenters. The summed E-state index contributed by atoms with van der Waals surface area (Å²) in [6.07, 6.45) is 0. The van der Waals surface area contributed by atoms with Crippen LogP contribution in [0.15, 0.2) is 120 Å². The minimum Gasteiger partial charge on any atom is -0.504 e. The Morgan fingerprint density at radius 3 is 1.54 bits per heavy atom. The van der Waals surface area contributed by atoms with Gasteiger partial charge in [0.15, 0.2) is 23.0 Å². The zero-order valence-electron chi connectivity index (χ0n) is 27.0. The van der Waals surface area contributed by atoms with Crippen molar-refractivity contribution in [3.05, 3.63) is 115 Å². The molecule has 0 radical (unpaired) electrons. The number of hydrogen-bond acceptors (Lipinski definition) is 8. The summed E-state index contributed by atoms with van der Waals surface area (Å²) in [5, 5.41) is 81.6. The fourth-order valence-electron chi connectivity index (χ4n) is 7.92. The monoisotopic (exact) mass is 682 g/mol. The Hall–Kier alpha value is -7.32. The molecule has 8 nitrogen and oxygen atoms in total. The van der Waals surface area contributed by atoms with E-state index in [4.69, 9.17) is 4.42 Å². The van der Waals surface area contributed by atoms with Crippen LogP contribution in [0.2, 0.25) is 0 Å². The van der Waals surface area contributed by atoms with E-state index in [9.17, 15) is 35.7 Å². The summed E-state index contributed by atoms with van der Waals surface area (Å²) in [7, 11) is 0. The van der Waals surface area contributed by atoms with Gasteiger partial charge in [-0.1, -0.05) is 97.1 Å². The van der Waals surface area contributed by atoms with Crippen LogP contribution in [0.1, 0.15) is 0 Å². The molecule has 10 aromatic rings. The van der Waals surface area contributed by atoms with Gasteiger partial charge in [-0.3, -0.25) is 0 Å². The molecule has 52 heavy (non-hydrogen) atoms. The largest absolute Gasteiger partial charge is 0.504 e. The van der Waals surface area contributed by atoms with Crippen LogP contribution in [-0.2, 0) is 0 Å². The van der Waals surface area contributed by atoms with Crippen LogP contribution in [0.25, 0.3) is 98.4 Å². The first kappa shape index (κ1) is 29.6. The first-order chi connectivity index (χ1) is 25.2. The number of fused-ring (bicyclic) bond motifs is 4. The van der Waals surface area contributed by atoms with E-state index < -0.39 is 45.6 Å². The molecule has 0 aliphatic rings. The van der Waals surface area contributed by atoms with Gasteiger partial charge in [-0.2, -0.15) is 0 Å². The summed E-state index contributed by atoms with van der Waals surface area (Å²) < 4.78 is 6.02. The Morgan fingerprint density at radius 2 is 0.846 bits per heavy atom. The number of para-hydroxylation sites is 1. The van der Waals surface area contributed by atoms with Crippen molar-refractivity contribution in [2.75, 3.05) is 0 Å². The van der Waals surface area contributed by atoms with Gasteiger partial charge in [-0.15, -0.1) is 0 Å². The summed E-state index contributed by atoms with van der Waals surface area (Å²) in [5.41, 5.74) is 6.06. The molecule has 9 aromatic carbocycles. The number of benzene rings is 9. The van der Waals surface area contributed by atoms with E-state index in [1.807, 2.05) is 48.5 Å². The van der Waals surface area contributed by atoms with Gasteiger partial charge < -0.3 is 40.2 Å². The minimum absolute atomic E-state index is 0.149. The maximum absolute atomic E-state index is 11.2. The molecule has 0 fully saturated rings. The maximum Gasteiger partial charge on any atom is 0.205 e. The lowest BCUT2D eigenvalue weighted by atomic mass is 9.85. The molecule has 0 aliphatic heterocycles. The molecular weight excluding hydrogens is 656 g/mol. The fraction of sp³-hybridized carbons (Fsp3) is 0. The molecule has 1 aromatic heterocycles. The number of phenolic OH excluding ortho intramolecular Hbond substituents is 7. The number of furan rings is 1. The van der Waals surface area contributed by atoms with Crippen LogP contribution in [0.5, 0.6) is 40.2 Å². The topological polar surface area (TPSA) is 155 Å². The standard InChI is InChI=1S/C44H26O8/c45-38-35(36-37(40(47)42(38)49)41(48)44(51)43(50)39(36)46)29-17-12-23-10-15-27-25(14-9-22-11-16-28(29)34(23)33(22)27)21-7-5-20(6-8-21)24-13-18-32-30(19-24)26-3-1-2-4-31(26)52-32/h1-19,45-51H. The Morgan fingerprint density at radius 1 is 0.327 bits per heavy atom. The molecule has 0 bridgehead atoms. The molecule has 8 heteroatoms. The fourth-order valence-corrected chi connectivity index (χ4v) is 7.92. The van der Waals surface area contributed by atoms with Crippen molar-refractivity contribution in [2.45, 2.75) is 0 Å². The highest BCUT2D eigenvalue weighted by molar-refractivity contribution is 6.29. The number of phenols is 7. The smallest absolute Gasteiger partial charge is 0.205 e. The van der Waals surface area contributed by atoms with Crippen LogP contribution in [0, 0.1) is 0 Å². The summed E-state index contributed by atoms with van der Waals surface area (Å²) >= 11 is 0. The predicted octanol–water partition coefficient (Wildman–Crippen LogP) is 10.6. The van der Waals surface area contributed by atoms with Crippen molar-refractivity contribution in [3.8, 4) is 73.6 Å².